The van der Waals surface area contributed by atoms with Gasteiger partial charge in [-0.3, -0.25) is 4.79 Å². The van der Waals surface area contributed by atoms with Crippen LogP contribution in [0.2, 0.25) is 0 Å². The van der Waals surface area contributed by atoms with Gasteiger partial charge in [0.1, 0.15) is 17.4 Å². The molecule has 0 saturated heterocycles. The van der Waals surface area contributed by atoms with Crippen molar-refractivity contribution in [3.8, 4) is 11.8 Å². The molecule has 1 aromatic carbocycles. The van der Waals surface area contributed by atoms with Crippen molar-refractivity contribution in [3.63, 3.8) is 0 Å². The Morgan fingerprint density at radius 2 is 2.19 bits per heavy atom. The quantitative estimate of drug-likeness (QED) is 0.785. The molecule has 0 aliphatic rings. The fourth-order valence-electron chi connectivity index (χ4n) is 1.72. The maximum atomic E-state index is 12.0. The van der Waals surface area contributed by atoms with Crippen LogP contribution in [-0.4, -0.2) is 12.1 Å². The molecule has 0 amide bonds. The zero-order valence-corrected chi connectivity index (χ0v) is 9.00. The number of fused-ring (bicyclic) bond motifs is 1. The third-order valence-corrected chi connectivity index (χ3v) is 2.55. The molecule has 16 heavy (non-hydrogen) atoms. The van der Waals surface area contributed by atoms with Crippen LogP contribution in [0.1, 0.15) is 11.1 Å². The van der Waals surface area contributed by atoms with Crippen LogP contribution in [0.4, 0.5) is 0 Å². The van der Waals surface area contributed by atoms with E-state index in [0.717, 1.165) is 5.56 Å². The van der Waals surface area contributed by atoms with Gasteiger partial charge in [-0.15, -0.1) is 0 Å². The minimum Gasteiger partial charge on any atom is -0.495 e. The van der Waals surface area contributed by atoms with Crippen molar-refractivity contribution in [1.29, 1.82) is 5.26 Å². The number of nitriles is 1. The highest BCUT2D eigenvalue weighted by atomic mass is 16.5. The Bertz CT molecular complexity index is 650. The molecule has 0 aliphatic heterocycles. The van der Waals surface area contributed by atoms with Crippen molar-refractivity contribution in [3.05, 3.63) is 39.7 Å². The predicted octanol–water partition coefficient (Wildman–Crippen LogP) is 1.72. The Morgan fingerprint density at radius 1 is 1.44 bits per heavy atom. The first kappa shape index (κ1) is 10.2. The second-order valence-electron chi connectivity index (χ2n) is 3.48. The fourth-order valence-corrected chi connectivity index (χ4v) is 1.72. The smallest absolute Gasteiger partial charge is 0.207 e. The molecule has 0 radical (unpaired) electrons. The van der Waals surface area contributed by atoms with Crippen LogP contribution in [0.5, 0.6) is 5.75 Å². The van der Waals surface area contributed by atoms with E-state index < -0.39 is 0 Å². The molecule has 0 fully saturated rings. The molecule has 0 atom stereocenters. The number of hydrogen-bond acceptors (Lipinski definition) is 3. The summed E-state index contributed by atoms with van der Waals surface area (Å²) < 4.78 is 5.16. The van der Waals surface area contributed by atoms with Crippen molar-refractivity contribution in [2.45, 2.75) is 6.92 Å². The Labute approximate surface area is 92.1 Å². The van der Waals surface area contributed by atoms with E-state index in [1.165, 1.54) is 6.20 Å². The van der Waals surface area contributed by atoms with Crippen LogP contribution in [-0.2, 0) is 0 Å². The Hall–Kier alpha value is -2.28. The molecular weight excluding hydrogens is 204 g/mol. The molecule has 0 aliphatic carbocycles. The molecule has 0 saturated carbocycles. The normalized spacial score (nSPS) is 10.1. The summed E-state index contributed by atoms with van der Waals surface area (Å²) in [5.74, 6) is 0.599. The number of aryl methyl sites for hydroxylation is 1. The van der Waals surface area contributed by atoms with Crippen molar-refractivity contribution in [1.82, 2.24) is 4.98 Å². The summed E-state index contributed by atoms with van der Waals surface area (Å²) in [4.78, 5) is 14.9. The van der Waals surface area contributed by atoms with Gasteiger partial charge < -0.3 is 9.72 Å². The lowest BCUT2D eigenvalue weighted by atomic mass is 10.1. The van der Waals surface area contributed by atoms with Gasteiger partial charge >= 0.3 is 0 Å². The van der Waals surface area contributed by atoms with Crippen molar-refractivity contribution >= 4 is 10.9 Å². The summed E-state index contributed by atoms with van der Waals surface area (Å²) in [6.07, 6.45) is 1.41. The summed E-state index contributed by atoms with van der Waals surface area (Å²) in [7, 11) is 1.54. The fraction of sp³-hybridized carbons (Fsp3) is 0.167. The highest BCUT2D eigenvalue weighted by Gasteiger charge is 2.10. The highest BCUT2D eigenvalue weighted by molar-refractivity contribution is 5.88. The molecule has 2 aromatic rings. The van der Waals surface area contributed by atoms with Gasteiger partial charge in [0.15, 0.2) is 0 Å². The van der Waals surface area contributed by atoms with Gasteiger partial charge in [0.25, 0.3) is 0 Å². The molecule has 0 bridgehead atoms. The third-order valence-electron chi connectivity index (χ3n) is 2.55. The SMILES string of the molecule is COc1ccc(C)c2c(=O)c(C#N)c[nH]c12. The second kappa shape index (κ2) is 3.70. The zero-order chi connectivity index (χ0) is 11.7. The Kier molecular flexibility index (Phi) is 2.37. The lowest BCUT2D eigenvalue weighted by Gasteiger charge is -2.07. The summed E-state index contributed by atoms with van der Waals surface area (Å²) in [6.45, 7) is 1.83. The Morgan fingerprint density at radius 3 is 2.81 bits per heavy atom. The number of rotatable bonds is 1. The maximum absolute atomic E-state index is 12.0. The zero-order valence-electron chi connectivity index (χ0n) is 9.00. The monoisotopic (exact) mass is 214 g/mol. The average molecular weight is 214 g/mol. The second-order valence-corrected chi connectivity index (χ2v) is 3.48. The van der Waals surface area contributed by atoms with Crippen LogP contribution in [0.25, 0.3) is 10.9 Å². The standard InChI is InChI=1S/C12H10N2O2/c1-7-3-4-9(16-2)11-10(7)12(15)8(5-13)6-14-11/h3-4,6H,1-2H3,(H,14,15). The molecule has 0 spiro atoms. The van der Waals surface area contributed by atoms with E-state index in [-0.39, 0.29) is 11.0 Å². The molecular formula is C12H10N2O2. The molecule has 4 heteroatoms. The summed E-state index contributed by atoms with van der Waals surface area (Å²) >= 11 is 0. The number of H-pyrrole nitrogens is 1. The highest BCUT2D eigenvalue weighted by Crippen LogP contribution is 2.23. The van der Waals surface area contributed by atoms with Crippen LogP contribution < -0.4 is 10.2 Å². The largest absolute Gasteiger partial charge is 0.495 e. The van der Waals surface area contributed by atoms with Gasteiger partial charge in [-0.2, -0.15) is 5.26 Å². The van der Waals surface area contributed by atoms with Gasteiger partial charge in [0.05, 0.1) is 18.0 Å². The first-order valence-electron chi connectivity index (χ1n) is 4.78. The number of ether oxygens (including phenoxy) is 1. The molecule has 4 nitrogen and oxygen atoms in total. The van der Waals surface area contributed by atoms with Gasteiger partial charge in [0, 0.05) is 6.20 Å². The third kappa shape index (κ3) is 1.34. The molecule has 80 valence electrons. The van der Waals surface area contributed by atoms with Gasteiger partial charge in [-0.1, -0.05) is 6.07 Å². The number of aromatic nitrogens is 1. The lowest BCUT2D eigenvalue weighted by molar-refractivity contribution is 0.419. The van der Waals surface area contributed by atoms with E-state index in [4.69, 9.17) is 10.00 Å². The Balaban J connectivity index is 3.00. The van der Waals surface area contributed by atoms with Crippen LogP contribution in [0, 0.1) is 18.3 Å². The van der Waals surface area contributed by atoms with E-state index >= 15 is 0 Å². The number of nitrogens with zero attached hydrogens (tertiary/aromatic N) is 1. The van der Waals surface area contributed by atoms with Crippen molar-refractivity contribution in [2.75, 3.05) is 7.11 Å². The number of benzene rings is 1. The number of pyridine rings is 1. The van der Waals surface area contributed by atoms with E-state index in [0.29, 0.717) is 16.7 Å². The minimum absolute atomic E-state index is 0.115. The number of aromatic amines is 1. The molecule has 1 aromatic heterocycles. The van der Waals surface area contributed by atoms with Crippen molar-refractivity contribution < 1.29 is 4.74 Å². The van der Waals surface area contributed by atoms with Gasteiger partial charge in [-0.05, 0) is 18.6 Å². The first-order valence-corrected chi connectivity index (χ1v) is 4.78. The first-order chi connectivity index (χ1) is 7.69. The van der Waals surface area contributed by atoms with Gasteiger partial charge in [-0.25, -0.2) is 0 Å². The number of hydrogen-bond donors (Lipinski definition) is 1. The molecule has 1 N–H and O–H groups in total. The molecule has 1 heterocycles. The van der Waals surface area contributed by atoms with Gasteiger partial charge in [0.2, 0.25) is 5.43 Å². The summed E-state index contributed by atoms with van der Waals surface area (Å²) in [6, 6.07) is 5.46. The van der Waals surface area contributed by atoms with Crippen LogP contribution in [0.15, 0.2) is 23.1 Å². The van der Waals surface area contributed by atoms with E-state index in [2.05, 4.69) is 4.98 Å². The lowest BCUT2D eigenvalue weighted by Crippen LogP contribution is -2.09. The molecule has 0 unspecified atom stereocenters. The number of methoxy groups -OCH3 is 1. The maximum Gasteiger partial charge on any atom is 0.207 e. The summed E-state index contributed by atoms with van der Waals surface area (Å²) in [5, 5.41) is 9.31. The van der Waals surface area contributed by atoms with Crippen LogP contribution in [0.3, 0.4) is 0 Å². The minimum atomic E-state index is -0.257. The summed E-state index contributed by atoms with van der Waals surface area (Å²) in [5.41, 5.74) is 1.32. The van der Waals surface area contributed by atoms with Crippen molar-refractivity contribution in [2.24, 2.45) is 0 Å². The average Bonchev–Trinajstić information content (AvgIpc) is 2.30. The topological polar surface area (TPSA) is 65.9 Å². The van der Waals surface area contributed by atoms with Crippen LogP contribution >= 0.6 is 0 Å². The molecule has 2 rings (SSSR count). The number of nitrogens with one attached hydrogen (secondary N) is 1. The van der Waals surface area contributed by atoms with E-state index in [1.807, 2.05) is 13.0 Å². The predicted molar refractivity (Wildman–Crippen MR) is 60.6 cm³/mol. The van der Waals surface area contributed by atoms with E-state index in [1.54, 1.807) is 19.2 Å². The van der Waals surface area contributed by atoms with E-state index in [9.17, 15) is 4.79 Å².